The molecule has 0 saturated carbocycles. The summed E-state index contributed by atoms with van der Waals surface area (Å²) in [6.45, 7) is 5.49. The van der Waals surface area contributed by atoms with E-state index in [0.717, 1.165) is 0 Å². The Labute approximate surface area is 123 Å². The maximum atomic E-state index is 12.3. The van der Waals surface area contributed by atoms with E-state index in [0.29, 0.717) is 6.42 Å². The minimum Gasteiger partial charge on any atom is -0.481 e. The number of ether oxygens (including phenoxy) is 1. The van der Waals surface area contributed by atoms with Crippen molar-refractivity contribution < 1.29 is 24.2 Å². The van der Waals surface area contributed by atoms with Gasteiger partial charge in [-0.3, -0.25) is 9.59 Å². The molecule has 0 spiro atoms. The fourth-order valence-electron chi connectivity index (χ4n) is 2.23. The van der Waals surface area contributed by atoms with E-state index in [1.165, 1.54) is 6.92 Å². The van der Waals surface area contributed by atoms with Crippen LogP contribution < -0.4 is 16.4 Å². The Morgan fingerprint density at radius 2 is 2.05 bits per heavy atom. The summed E-state index contributed by atoms with van der Waals surface area (Å²) in [5.74, 6) is -1.32. The largest absolute Gasteiger partial charge is 0.481 e. The van der Waals surface area contributed by atoms with Crippen molar-refractivity contribution in [1.82, 2.24) is 10.6 Å². The quantitative estimate of drug-likeness (QED) is 0.534. The van der Waals surface area contributed by atoms with E-state index in [9.17, 15) is 19.5 Å². The van der Waals surface area contributed by atoms with Gasteiger partial charge in [-0.1, -0.05) is 13.8 Å². The average molecular weight is 301 g/mol. The molecule has 8 nitrogen and oxygen atoms in total. The predicted molar refractivity (Wildman–Crippen MR) is 74.5 cm³/mol. The number of nitrogens with one attached hydrogen (secondary N) is 2. The van der Waals surface area contributed by atoms with Crippen LogP contribution in [0.1, 0.15) is 27.2 Å². The lowest BCUT2D eigenvalue weighted by Gasteiger charge is -2.28. The Morgan fingerprint density at radius 1 is 1.43 bits per heavy atom. The van der Waals surface area contributed by atoms with Gasteiger partial charge < -0.3 is 26.2 Å². The zero-order valence-electron chi connectivity index (χ0n) is 12.5. The van der Waals surface area contributed by atoms with E-state index >= 15 is 0 Å². The Balaban J connectivity index is 2.76. The van der Waals surface area contributed by atoms with Crippen LogP contribution in [0.15, 0.2) is 0 Å². The third kappa shape index (κ3) is 4.32. The molecule has 0 aromatic heterocycles. The number of carbonyl (C=O) groups excluding carboxylic acids is 2. The van der Waals surface area contributed by atoms with E-state index in [-0.39, 0.29) is 19.1 Å². The zero-order chi connectivity index (χ0) is 16.2. The first-order chi connectivity index (χ1) is 9.66. The lowest BCUT2D eigenvalue weighted by atomic mass is 9.85. The molecule has 1 aliphatic heterocycles. The van der Waals surface area contributed by atoms with Crippen LogP contribution in [0.4, 0.5) is 4.79 Å². The van der Waals surface area contributed by atoms with E-state index in [1.54, 1.807) is 0 Å². The molecule has 1 aliphatic rings. The second kappa shape index (κ2) is 6.75. The molecule has 0 aliphatic carbocycles. The molecule has 0 aromatic rings. The maximum absolute atomic E-state index is 12.3. The maximum Gasteiger partial charge on any atom is 0.313 e. The van der Waals surface area contributed by atoms with Gasteiger partial charge in [-0.25, -0.2) is 4.79 Å². The number of aliphatic carboxylic acids is 1. The lowest BCUT2D eigenvalue weighted by Crippen LogP contribution is -2.56. The molecule has 120 valence electrons. The SMILES string of the molecule is CC(C)CC(NC(N)=O)C(=O)NC1COCC1(C)C(=O)O. The number of carboxylic acids is 1. The Bertz CT molecular complexity index is 426. The average Bonchev–Trinajstić information content (AvgIpc) is 2.70. The van der Waals surface area contributed by atoms with Gasteiger partial charge in [0.25, 0.3) is 0 Å². The standard InChI is InChI=1S/C13H23N3O5/c1-7(2)4-8(15-12(14)20)10(17)16-9-5-21-6-13(9,3)11(18)19/h7-9H,4-6H2,1-3H3,(H,16,17)(H,18,19)(H3,14,15,20). The van der Waals surface area contributed by atoms with Gasteiger partial charge in [-0.2, -0.15) is 0 Å². The summed E-state index contributed by atoms with van der Waals surface area (Å²) >= 11 is 0. The molecule has 3 atom stereocenters. The van der Waals surface area contributed by atoms with Gasteiger partial charge in [0.05, 0.1) is 19.3 Å². The summed E-state index contributed by atoms with van der Waals surface area (Å²) in [7, 11) is 0. The molecule has 8 heteroatoms. The number of hydrogen-bond donors (Lipinski definition) is 4. The van der Waals surface area contributed by atoms with Crippen LogP contribution in [0.3, 0.4) is 0 Å². The summed E-state index contributed by atoms with van der Waals surface area (Å²) in [4.78, 5) is 34.6. The molecule has 0 aromatic carbocycles. The fourth-order valence-corrected chi connectivity index (χ4v) is 2.23. The number of nitrogens with two attached hydrogens (primary N) is 1. The van der Waals surface area contributed by atoms with Gasteiger partial charge in [0.2, 0.25) is 5.91 Å². The van der Waals surface area contributed by atoms with Crippen LogP contribution in [0.5, 0.6) is 0 Å². The van der Waals surface area contributed by atoms with Crippen molar-refractivity contribution in [3.63, 3.8) is 0 Å². The summed E-state index contributed by atoms with van der Waals surface area (Å²) in [5, 5.41) is 14.3. The molecule has 1 rings (SSSR count). The van der Waals surface area contributed by atoms with Crippen molar-refractivity contribution in [2.24, 2.45) is 17.1 Å². The highest BCUT2D eigenvalue weighted by molar-refractivity contribution is 5.87. The Hall–Kier alpha value is -1.83. The molecule has 3 unspecified atom stereocenters. The predicted octanol–water partition coefficient (Wildman–Crippen LogP) is -0.325. The van der Waals surface area contributed by atoms with Crippen molar-refractivity contribution in [2.75, 3.05) is 13.2 Å². The number of amides is 3. The minimum absolute atomic E-state index is 0.0331. The molecule has 0 radical (unpaired) electrons. The van der Waals surface area contributed by atoms with Crippen LogP contribution in [-0.2, 0) is 14.3 Å². The van der Waals surface area contributed by atoms with Crippen LogP contribution in [0.25, 0.3) is 0 Å². The monoisotopic (exact) mass is 301 g/mol. The zero-order valence-corrected chi connectivity index (χ0v) is 12.5. The van der Waals surface area contributed by atoms with E-state index < -0.39 is 35.4 Å². The van der Waals surface area contributed by atoms with Crippen LogP contribution in [0.2, 0.25) is 0 Å². The minimum atomic E-state index is -1.18. The molecular weight excluding hydrogens is 278 g/mol. The summed E-state index contributed by atoms with van der Waals surface area (Å²) in [5.41, 5.74) is 3.89. The first-order valence-electron chi connectivity index (χ1n) is 6.84. The van der Waals surface area contributed by atoms with E-state index in [1.807, 2.05) is 13.8 Å². The smallest absolute Gasteiger partial charge is 0.313 e. The Morgan fingerprint density at radius 3 is 2.52 bits per heavy atom. The highest BCUT2D eigenvalue weighted by atomic mass is 16.5. The van der Waals surface area contributed by atoms with Gasteiger partial charge in [-0.05, 0) is 19.3 Å². The lowest BCUT2D eigenvalue weighted by molar-refractivity contribution is -0.149. The van der Waals surface area contributed by atoms with Gasteiger partial charge >= 0.3 is 12.0 Å². The number of carboxylic acid groups (broad SMARTS) is 1. The van der Waals surface area contributed by atoms with Gasteiger partial charge in [0.1, 0.15) is 11.5 Å². The van der Waals surface area contributed by atoms with E-state index in [4.69, 9.17) is 10.5 Å². The highest BCUT2D eigenvalue weighted by Gasteiger charge is 2.47. The summed E-state index contributed by atoms with van der Waals surface area (Å²) < 4.78 is 5.17. The summed E-state index contributed by atoms with van der Waals surface area (Å²) in [6.07, 6.45) is 0.409. The highest BCUT2D eigenvalue weighted by Crippen LogP contribution is 2.28. The topological polar surface area (TPSA) is 131 Å². The summed E-state index contributed by atoms with van der Waals surface area (Å²) in [6, 6.07) is -2.23. The normalized spacial score (nSPS) is 26.4. The van der Waals surface area contributed by atoms with Crippen molar-refractivity contribution in [3.8, 4) is 0 Å². The molecular formula is C13H23N3O5. The molecule has 1 saturated heterocycles. The van der Waals surface area contributed by atoms with Crippen molar-refractivity contribution >= 4 is 17.9 Å². The number of rotatable bonds is 6. The molecule has 1 fully saturated rings. The Kier molecular flexibility index (Phi) is 5.54. The molecule has 0 bridgehead atoms. The van der Waals surface area contributed by atoms with Crippen molar-refractivity contribution in [3.05, 3.63) is 0 Å². The first kappa shape index (κ1) is 17.2. The first-order valence-corrected chi connectivity index (χ1v) is 6.84. The molecule has 21 heavy (non-hydrogen) atoms. The third-order valence-corrected chi connectivity index (χ3v) is 3.60. The second-order valence-corrected chi connectivity index (χ2v) is 5.99. The molecule has 3 amide bonds. The second-order valence-electron chi connectivity index (χ2n) is 5.99. The number of carbonyl (C=O) groups is 3. The molecule has 1 heterocycles. The van der Waals surface area contributed by atoms with Gasteiger partial charge in [0.15, 0.2) is 0 Å². The number of urea groups is 1. The van der Waals surface area contributed by atoms with Crippen molar-refractivity contribution in [2.45, 2.75) is 39.3 Å². The van der Waals surface area contributed by atoms with E-state index in [2.05, 4.69) is 10.6 Å². The number of hydrogen-bond acceptors (Lipinski definition) is 4. The van der Waals surface area contributed by atoms with Crippen LogP contribution in [0, 0.1) is 11.3 Å². The van der Waals surface area contributed by atoms with Crippen LogP contribution >= 0.6 is 0 Å². The van der Waals surface area contributed by atoms with Crippen molar-refractivity contribution in [1.29, 1.82) is 0 Å². The van der Waals surface area contributed by atoms with Crippen LogP contribution in [-0.4, -0.2) is 48.3 Å². The van der Waals surface area contributed by atoms with Gasteiger partial charge in [-0.15, -0.1) is 0 Å². The fraction of sp³-hybridized carbons (Fsp3) is 0.769. The molecule has 5 N–H and O–H groups in total. The van der Waals surface area contributed by atoms with Gasteiger partial charge in [0, 0.05) is 0 Å². The third-order valence-electron chi connectivity index (χ3n) is 3.60. The number of primary amides is 1.